The molecule has 0 saturated heterocycles. The van der Waals surface area contributed by atoms with Crippen molar-refractivity contribution in [1.82, 2.24) is 9.99 Å². The summed E-state index contributed by atoms with van der Waals surface area (Å²) in [6.07, 6.45) is 3.74. The van der Waals surface area contributed by atoms with Crippen LogP contribution < -0.4 is 10.2 Å². The van der Waals surface area contributed by atoms with E-state index in [0.29, 0.717) is 11.7 Å². The number of hydrazone groups is 1. The molecule has 3 aromatic carbocycles. The highest BCUT2D eigenvalue weighted by atomic mass is 16.5. The molecule has 0 aliphatic carbocycles. The minimum atomic E-state index is -0.302. The van der Waals surface area contributed by atoms with E-state index in [1.165, 1.54) is 11.1 Å². The quantitative estimate of drug-likeness (QED) is 0.306. The maximum Gasteiger partial charge on any atom is 0.277 e. The smallest absolute Gasteiger partial charge is 0.277 e. The third-order valence-electron chi connectivity index (χ3n) is 5.30. The Hall–Kier alpha value is -3.86. The molecule has 0 aliphatic rings. The van der Waals surface area contributed by atoms with Gasteiger partial charge in [-0.05, 0) is 35.2 Å². The first kappa shape index (κ1) is 21.4. The van der Waals surface area contributed by atoms with Gasteiger partial charge in [-0.15, -0.1) is 0 Å². The van der Waals surface area contributed by atoms with Gasteiger partial charge < -0.3 is 9.30 Å². The summed E-state index contributed by atoms with van der Waals surface area (Å²) in [6, 6.07) is 26.3. The second kappa shape index (κ2) is 9.96. The predicted molar refractivity (Wildman–Crippen MR) is 129 cm³/mol. The van der Waals surface area contributed by atoms with Gasteiger partial charge in [-0.25, -0.2) is 5.43 Å². The summed E-state index contributed by atoms with van der Waals surface area (Å²) in [4.78, 5) is 12.2. The molecule has 1 amide bonds. The third-order valence-corrected chi connectivity index (χ3v) is 5.30. The molecule has 0 aliphatic heterocycles. The highest BCUT2D eigenvalue weighted by molar-refractivity contribution is 5.99. The van der Waals surface area contributed by atoms with Crippen LogP contribution in [0.2, 0.25) is 0 Å². The number of carbonyl (C=O) groups excluding carboxylic acids is 1. The number of carbonyl (C=O) groups is 1. The van der Waals surface area contributed by atoms with Crippen LogP contribution in [0.15, 0.2) is 90.2 Å². The van der Waals surface area contributed by atoms with Crippen LogP contribution in [0.5, 0.6) is 5.75 Å². The molecule has 1 heterocycles. The van der Waals surface area contributed by atoms with E-state index >= 15 is 0 Å². The van der Waals surface area contributed by atoms with Gasteiger partial charge in [0.05, 0.1) is 6.21 Å². The second-order valence-corrected chi connectivity index (χ2v) is 8.02. The molecule has 32 heavy (non-hydrogen) atoms. The molecule has 4 aromatic rings. The van der Waals surface area contributed by atoms with E-state index in [2.05, 4.69) is 65.5 Å². The van der Waals surface area contributed by atoms with Gasteiger partial charge >= 0.3 is 0 Å². The van der Waals surface area contributed by atoms with E-state index < -0.39 is 0 Å². The molecule has 5 nitrogen and oxygen atoms in total. The molecule has 5 heteroatoms. The molecule has 0 saturated carbocycles. The normalized spacial score (nSPS) is 11.3. The first-order chi connectivity index (χ1) is 15.6. The van der Waals surface area contributed by atoms with Crippen LogP contribution in [0.1, 0.15) is 36.5 Å². The van der Waals surface area contributed by atoms with Crippen LogP contribution in [-0.2, 0) is 11.3 Å². The largest absolute Gasteiger partial charge is 0.484 e. The van der Waals surface area contributed by atoms with E-state index in [9.17, 15) is 4.79 Å². The lowest BCUT2D eigenvalue weighted by molar-refractivity contribution is -0.123. The second-order valence-electron chi connectivity index (χ2n) is 8.02. The van der Waals surface area contributed by atoms with E-state index in [0.717, 1.165) is 23.0 Å². The van der Waals surface area contributed by atoms with Crippen LogP contribution in [0, 0.1) is 0 Å². The Kier molecular flexibility index (Phi) is 6.66. The van der Waals surface area contributed by atoms with Gasteiger partial charge in [0, 0.05) is 29.2 Å². The summed E-state index contributed by atoms with van der Waals surface area (Å²) in [5.41, 5.74) is 7.03. The van der Waals surface area contributed by atoms with Crippen LogP contribution in [0.3, 0.4) is 0 Å². The number of nitrogens with one attached hydrogen (secondary N) is 1. The van der Waals surface area contributed by atoms with E-state index in [-0.39, 0.29) is 12.5 Å². The van der Waals surface area contributed by atoms with Crippen LogP contribution in [0.25, 0.3) is 10.9 Å². The van der Waals surface area contributed by atoms with Crippen LogP contribution in [-0.4, -0.2) is 23.3 Å². The molecule has 0 atom stereocenters. The van der Waals surface area contributed by atoms with E-state index in [1.807, 2.05) is 48.5 Å². The maximum atomic E-state index is 12.2. The van der Waals surface area contributed by atoms with Crippen molar-refractivity contribution in [3.05, 3.63) is 102 Å². The lowest BCUT2D eigenvalue weighted by Gasteiger charge is -2.09. The zero-order valence-electron chi connectivity index (χ0n) is 18.4. The Morgan fingerprint density at radius 3 is 2.62 bits per heavy atom. The number of rotatable bonds is 8. The number of nitrogens with zero attached hydrogens (tertiary/aromatic N) is 2. The average Bonchev–Trinajstić information content (AvgIpc) is 3.16. The van der Waals surface area contributed by atoms with Crippen molar-refractivity contribution in [2.45, 2.75) is 26.3 Å². The van der Waals surface area contributed by atoms with Crippen LogP contribution >= 0.6 is 0 Å². The molecule has 0 bridgehead atoms. The summed E-state index contributed by atoms with van der Waals surface area (Å²) in [6.45, 7) is 4.92. The Labute approximate surface area is 188 Å². The monoisotopic (exact) mass is 425 g/mol. The summed E-state index contributed by atoms with van der Waals surface area (Å²) in [5, 5.41) is 5.24. The number of amides is 1. The van der Waals surface area contributed by atoms with Crippen LogP contribution in [0.4, 0.5) is 0 Å². The summed E-state index contributed by atoms with van der Waals surface area (Å²) in [7, 11) is 0. The predicted octanol–water partition coefficient (Wildman–Crippen LogP) is 5.34. The molecule has 1 aromatic heterocycles. The fourth-order valence-electron chi connectivity index (χ4n) is 3.61. The Morgan fingerprint density at radius 2 is 1.81 bits per heavy atom. The number of fused-ring (bicyclic) bond motifs is 1. The zero-order valence-corrected chi connectivity index (χ0v) is 18.4. The highest BCUT2D eigenvalue weighted by Gasteiger charge is 2.08. The van der Waals surface area contributed by atoms with E-state index in [1.54, 1.807) is 6.21 Å². The summed E-state index contributed by atoms with van der Waals surface area (Å²) >= 11 is 0. The topological polar surface area (TPSA) is 55.6 Å². The number of ether oxygens (including phenoxy) is 1. The minimum absolute atomic E-state index is 0.0886. The standard InChI is InChI=1S/C27H27N3O2/c1-20(2)22-11-8-12-24(15-22)32-19-27(31)29-28-16-23-18-30(17-21-9-4-3-5-10-21)26-14-7-6-13-25(23)26/h3-16,18,20H,17,19H2,1-2H3,(H,29,31)/b28-16+. The van der Waals surface area contributed by atoms with Gasteiger partial charge in [-0.3, -0.25) is 4.79 Å². The number of aromatic nitrogens is 1. The van der Waals surface area contributed by atoms with Crippen molar-refractivity contribution in [3.63, 3.8) is 0 Å². The van der Waals surface area contributed by atoms with Gasteiger partial charge in [0.2, 0.25) is 0 Å². The van der Waals surface area contributed by atoms with Crippen molar-refractivity contribution in [2.75, 3.05) is 6.61 Å². The lowest BCUT2D eigenvalue weighted by Crippen LogP contribution is -2.24. The number of hydrogen-bond acceptors (Lipinski definition) is 3. The molecule has 0 fully saturated rings. The van der Waals surface area contributed by atoms with Crippen molar-refractivity contribution >= 4 is 23.0 Å². The minimum Gasteiger partial charge on any atom is -0.484 e. The van der Waals surface area contributed by atoms with E-state index in [4.69, 9.17) is 4.74 Å². The van der Waals surface area contributed by atoms with Crippen molar-refractivity contribution in [3.8, 4) is 5.75 Å². The molecule has 0 spiro atoms. The third kappa shape index (κ3) is 5.24. The first-order valence-electron chi connectivity index (χ1n) is 10.8. The summed E-state index contributed by atoms with van der Waals surface area (Å²) < 4.78 is 7.81. The van der Waals surface area contributed by atoms with Gasteiger partial charge in [0.25, 0.3) is 5.91 Å². The van der Waals surface area contributed by atoms with Gasteiger partial charge in [-0.1, -0.05) is 74.5 Å². The first-order valence-corrected chi connectivity index (χ1v) is 10.8. The lowest BCUT2D eigenvalue weighted by atomic mass is 10.0. The van der Waals surface area contributed by atoms with Gasteiger partial charge in [-0.2, -0.15) is 5.10 Å². The average molecular weight is 426 g/mol. The Bertz CT molecular complexity index is 1230. The molecule has 0 radical (unpaired) electrons. The summed E-state index contributed by atoms with van der Waals surface area (Å²) in [5.74, 6) is 0.782. The molecular formula is C27H27N3O2. The van der Waals surface area contributed by atoms with Gasteiger partial charge in [0.15, 0.2) is 6.61 Å². The maximum absolute atomic E-state index is 12.2. The fourth-order valence-corrected chi connectivity index (χ4v) is 3.61. The zero-order chi connectivity index (χ0) is 22.3. The molecule has 162 valence electrons. The van der Waals surface area contributed by atoms with Gasteiger partial charge in [0.1, 0.15) is 5.75 Å². The highest BCUT2D eigenvalue weighted by Crippen LogP contribution is 2.22. The Morgan fingerprint density at radius 1 is 1.03 bits per heavy atom. The molecule has 1 N–H and O–H groups in total. The SMILES string of the molecule is CC(C)c1cccc(OCC(=O)N/N=C/c2cn(Cc3ccccc3)c3ccccc23)c1. The number of hydrogen-bond donors (Lipinski definition) is 1. The Balaban J connectivity index is 1.40. The van der Waals surface area contributed by atoms with Crippen molar-refractivity contribution < 1.29 is 9.53 Å². The molecule has 0 unspecified atom stereocenters. The molecular weight excluding hydrogens is 398 g/mol. The van der Waals surface area contributed by atoms with Crippen molar-refractivity contribution in [2.24, 2.45) is 5.10 Å². The number of para-hydroxylation sites is 1. The fraction of sp³-hybridized carbons (Fsp3) is 0.185. The molecule has 4 rings (SSSR count). The number of benzene rings is 3. The van der Waals surface area contributed by atoms with Crippen molar-refractivity contribution in [1.29, 1.82) is 0 Å².